The molecule has 1 aromatic heterocycles. The van der Waals surface area contributed by atoms with Crippen molar-refractivity contribution in [1.29, 1.82) is 0 Å². The number of benzene rings is 2. The first-order chi connectivity index (χ1) is 9.79. The van der Waals surface area contributed by atoms with Gasteiger partial charge in [-0.25, -0.2) is 0 Å². The Morgan fingerprint density at radius 2 is 1.85 bits per heavy atom. The maximum Gasteiger partial charge on any atom is 0.0770 e. The van der Waals surface area contributed by atoms with Gasteiger partial charge in [0, 0.05) is 16.9 Å². The summed E-state index contributed by atoms with van der Waals surface area (Å²) < 4.78 is 1.90. The maximum absolute atomic E-state index is 5.96. The lowest BCUT2D eigenvalue weighted by molar-refractivity contribution is 0.687. The Morgan fingerprint density at radius 3 is 2.65 bits per heavy atom. The molecule has 0 spiro atoms. The second-order valence-electron chi connectivity index (χ2n) is 4.55. The molecule has 0 bridgehead atoms. The number of nitrogens with one attached hydrogen (secondary N) is 1. The van der Waals surface area contributed by atoms with Gasteiger partial charge in [-0.2, -0.15) is 5.10 Å². The summed E-state index contributed by atoms with van der Waals surface area (Å²) in [6.07, 6.45) is 3.79. The van der Waals surface area contributed by atoms with Crippen LogP contribution in [0.4, 0.5) is 11.4 Å². The van der Waals surface area contributed by atoms with Gasteiger partial charge in [0.1, 0.15) is 0 Å². The average Bonchev–Trinajstić information content (AvgIpc) is 2.87. The molecule has 0 aliphatic carbocycles. The Hall–Kier alpha value is -2.26. The van der Waals surface area contributed by atoms with Crippen LogP contribution in [0.15, 0.2) is 67.0 Å². The summed E-state index contributed by atoms with van der Waals surface area (Å²) in [5.41, 5.74) is 3.13. The normalized spacial score (nSPS) is 10.4. The van der Waals surface area contributed by atoms with Gasteiger partial charge >= 0.3 is 0 Å². The standard InChI is InChI=1S/C16H14ClN3/c17-14-7-4-8-15(9-14)19-16-10-18-20(12-16)11-13-5-2-1-3-6-13/h1-10,12,19H,11H2. The molecule has 1 heterocycles. The van der Waals surface area contributed by atoms with Gasteiger partial charge in [-0.05, 0) is 23.8 Å². The highest BCUT2D eigenvalue weighted by Gasteiger charge is 2.00. The van der Waals surface area contributed by atoms with Crippen LogP contribution in [0.3, 0.4) is 0 Å². The van der Waals surface area contributed by atoms with E-state index in [1.165, 1.54) is 5.56 Å². The highest BCUT2D eigenvalue weighted by Crippen LogP contribution is 2.19. The molecule has 0 unspecified atom stereocenters. The molecule has 0 atom stereocenters. The minimum Gasteiger partial charge on any atom is -0.353 e. The summed E-state index contributed by atoms with van der Waals surface area (Å²) in [6.45, 7) is 0.762. The van der Waals surface area contributed by atoms with Crippen molar-refractivity contribution in [3.05, 3.63) is 77.6 Å². The molecular formula is C16H14ClN3. The van der Waals surface area contributed by atoms with E-state index in [2.05, 4.69) is 22.5 Å². The number of rotatable bonds is 4. The molecule has 4 heteroatoms. The summed E-state index contributed by atoms with van der Waals surface area (Å²) in [5, 5.41) is 8.35. The molecule has 3 aromatic rings. The lowest BCUT2D eigenvalue weighted by atomic mass is 10.2. The summed E-state index contributed by atoms with van der Waals surface area (Å²) >= 11 is 5.96. The smallest absolute Gasteiger partial charge is 0.0770 e. The monoisotopic (exact) mass is 283 g/mol. The molecule has 0 aliphatic heterocycles. The predicted molar refractivity (Wildman–Crippen MR) is 82.5 cm³/mol. The Balaban J connectivity index is 1.71. The fourth-order valence-corrected chi connectivity index (χ4v) is 2.21. The highest BCUT2D eigenvalue weighted by molar-refractivity contribution is 6.30. The van der Waals surface area contributed by atoms with Crippen LogP contribution in [0.25, 0.3) is 0 Å². The van der Waals surface area contributed by atoms with E-state index >= 15 is 0 Å². The fourth-order valence-electron chi connectivity index (χ4n) is 2.02. The molecule has 0 amide bonds. The zero-order chi connectivity index (χ0) is 13.8. The molecule has 2 aromatic carbocycles. The van der Waals surface area contributed by atoms with E-state index in [1.807, 2.05) is 59.5 Å². The fraction of sp³-hybridized carbons (Fsp3) is 0.0625. The molecule has 20 heavy (non-hydrogen) atoms. The van der Waals surface area contributed by atoms with Crippen molar-refractivity contribution in [2.24, 2.45) is 0 Å². The van der Waals surface area contributed by atoms with E-state index in [0.717, 1.165) is 17.9 Å². The molecule has 3 nitrogen and oxygen atoms in total. The highest BCUT2D eigenvalue weighted by atomic mass is 35.5. The van der Waals surface area contributed by atoms with E-state index in [-0.39, 0.29) is 0 Å². The lowest BCUT2D eigenvalue weighted by Crippen LogP contribution is -1.99. The van der Waals surface area contributed by atoms with Crippen LogP contribution < -0.4 is 5.32 Å². The largest absolute Gasteiger partial charge is 0.353 e. The number of hydrogen-bond donors (Lipinski definition) is 1. The molecular weight excluding hydrogens is 270 g/mol. The van der Waals surface area contributed by atoms with E-state index in [1.54, 1.807) is 0 Å². The SMILES string of the molecule is Clc1cccc(Nc2cnn(Cc3ccccc3)c2)c1. The van der Waals surface area contributed by atoms with Crippen molar-refractivity contribution in [3.63, 3.8) is 0 Å². The van der Waals surface area contributed by atoms with E-state index in [0.29, 0.717) is 5.02 Å². The molecule has 1 N–H and O–H groups in total. The average molecular weight is 284 g/mol. The van der Waals surface area contributed by atoms with Crippen LogP contribution in [0, 0.1) is 0 Å². The van der Waals surface area contributed by atoms with Gasteiger partial charge in [-0.3, -0.25) is 4.68 Å². The number of nitrogens with zero attached hydrogens (tertiary/aromatic N) is 2. The second-order valence-corrected chi connectivity index (χ2v) is 4.98. The maximum atomic E-state index is 5.96. The van der Waals surface area contributed by atoms with Crippen LogP contribution in [0.1, 0.15) is 5.56 Å². The van der Waals surface area contributed by atoms with Crippen LogP contribution in [0.2, 0.25) is 5.02 Å². The van der Waals surface area contributed by atoms with Gasteiger partial charge in [-0.1, -0.05) is 48.0 Å². The lowest BCUT2D eigenvalue weighted by Gasteiger charge is -2.03. The van der Waals surface area contributed by atoms with Crippen LogP contribution in [0.5, 0.6) is 0 Å². The van der Waals surface area contributed by atoms with Gasteiger partial charge in [0.2, 0.25) is 0 Å². The van der Waals surface area contributed by atoms with E-state index in [4.69, 9.17) is 11.6 Å². The molecule has 0 fully saturated rings. The van der Waals surface area contributed by atoms with Crippen molar-refractivity contribution < 1.29 is 0 Å². The summed E-state index contributed by atoms with van der Waals surface area (Å²) in [7, 11) is 0. The Morgan fingerprint density at radius 1 is 1.00 bits per heavy atom. The Kier molecular flexibility index (Phi) is 3.70. The van der Waals surface area contributed by atoms with Crippen LogP contribution in [-0.4, -0.2) is 9.78 Å². The van der Waals surface area contributed by atoms with Gasteiger partial charge in [0.05, 0.1) is 18.4 Å². The number of aromatic nitrogens is 2. The van der Waals surface area contributed by atoms with Crippen LogP contribution >= 0.6 is 11.6 Å². The topological polar surface area (TPSA) is 29.9 Å². The first-order valence-corrected chi connectivity index (χ1v) is 6.76. The molecule has 0 radical (unpaired) electrons. The summed E-state index contributed by atoms with van der Waals surface area (Å²) in [5.74, 6) is 0. The third-order valence-corrected chi connectivity index (χ3v) is 3.17. The first-order valence-electron chi connectivity index (χ1n) is 6.38. The number of anilines is 2. The zero-order valence-corrected chi connectivity index (χ0v) is 11.6. The van der Waals surface area contributed by atoms with E-state index < -0.39 is 0 Å². The van der Waals surface area contributed by atoms with Crippen molar-refractivity contribution in [3.8, 4) is 0 Å². The Bertz CT molecular complexity index is 692. The minimum atomic E-state index is 0.715. The van der Waals surface area contributed by atoms with Crippen molar-refractivity contribution in [2.75, 3.05) is 5.32 Å². The minimum absolute atomic E-state index is 0.715. The van der Waals surface area contributed by atoms with Gasteiger partial charge in [0.15, 0.2) is 0 Å². The van der Waals surface area contributed by atoms with E-state index in [9.17, 15) is 0 Å². The summed E-state index contributed by atoms with van der Waals surface area (Å²) in [4.78, 5) is 0. The number of halogens is 1. The molecule has 0 aliphatic rings. The third kappa shape index (κ3) is 3.19. The molecule has 3 rings (SSSR count). The molecule has 0 saturated carbocycles. The van der Waals surface area contributed by atoms with Gasteiger partial charge < -0.3 is 5.32 Å². The predicted octanol–water partition coefficient (Wildman–Crippen LogP) is 4.33. The van der Waals surface area contributed by atoms with Crippen molar-refractivity contribution >= 4 is 23.0 Å². The Labute approximate surface area is 122 Å². The molecule has 0 saturated heterocycles. The van der Waals surface area contributed by atoms with Crippen molar-refractivity contribution in [2.45, 2.75) is 6.54 Å². The zero-order valence-electron chi connectivity index (χ0n) is 10.8. The van der Waals surface area contributed by atoms with Crippen LogP contribution in [-0.2, 0) is 6.54 Å². The number of hydrogen-bond acceptors (Lipinski definition) is 2. The van der Waals surface area contributed by atoms with Gasteiger partial charge in [-0.15, -0.1) is 0 Å². The first kappa shape index (κ1) is 12.8. The quantitative estimate of drug-likeness (QED) is 0.772. The van der Waals surface area contributed by atoms with Crippen molar-refractivity contribution in [1.82, 2.24) is 9.78 Å². The molecule has 100 valence electrons. The van der Waals surface area contributed by atoms with Gasteiger partial charge in [0.25, 0.3) is 0 Å². The third-order valence-electron chi connectivity index (χ3n) is 2.93. The summed E-state index contributed by atoms with van der Waals surface area (Å²) in [6, 6.07) is 17.9. The second kappa shape index (κ2) is 5.80.